The van der Waals surface area contributed by atoms with Crippen molar-refractivity contribution in [3.05, 3.63) is 36.4 Å². The molecule has 1 aliphatic heterocycles. The van der Waals surface area contributed by atoms with E-state index in [1.54, 1.807) is 14.2 Å². The predicted molar refractivity (Wildman–Crippen MR) is 101 cm³/mol. The lowest BCUT2D eigenvalue weighted by Crippen LogP contribution is -2.23. The molecule has 0 fully saturated rings. The van der Waals surface area contributed by atoms with E-state index in [1.807, 2.05) is 24.3 Å². The van der Waals surface area contributed by atoms with Crippen molar-refractivity contribution in [2.24, 2.45) is 0 Å². The minimum Gasteiger partial charge on any atom is -0.496 e. The van der Waals surface area contributed by atoms with E-state index in [9.17, 15) is 0 Å². The molecule has 2 atom stereocenters. The van der Waals surface area contributed by atoms with Crippen molar-refractivity contribution in [1.82, 2.24) is 0 Å². The van der Waals surface area contributed by atoms with E-state index in [4.69, 9.17) is 14.2 Å². The maximum absolute atomic E-state index is 6.20. The van der Waals surface area contributed by atoms with Gasteiger partial charge in [-0.15, -0.1) is 0 Å². The van der Waals surface area contributed by atoms with Crippen LogP contribution in [0.1, 0.15) is 27.7 Å². The zero-order chi connectivity index (χ0) is 17.5. The fourth-order valence-electron chi connectivity index (χ4n) is 3.48. The normalized spacial score (nSPS) is 19.6. The molecule has 3 rings (SSSR count). The lowest BCUT2D eigenvalue weighted by molar-refractivity contribution is 0.313. The van der Waals surface area contributed by atoms with Gasteiger partial charge in [0, 0.05) is 10.9 Å². The number of hydrogen-bond acceptors (Lipinski definition) is 3. The van der Waals surface area contributed by atoms with Crippen LogP contribution in [-0.2, 0) is 0 Å². The molecular weight excluding hydrogens is 319 g/mol. The third kappa shape index (κ3) is 2.75. The quantitative estimate of drug-likeness (QED) is 0.732. The highest BCUT2D eigenvalue weighted by Crippen LogP contribution is 2.60. The number of rotatable bonds is 3. The minimum atomic E-state index is -0.476. The van der Waals surface area contributed by atoms with Crippen molar-refractivity contribution < 1.29 is 14.2 Å². The zero-order valence-electron chi connectivity index (χ0n) is 15.2. The number of ether oxygens (including phenoxy) is 3. The molecule has 1 aliphatic rings. The van der Waals surface area contributed by atoms with Gasteiger partial charge >= 0.3 is 0 Å². The third-order valence-electron chi connectivity index (χ3n) is 4.32. The fraction of sp³-hybridized carbons (Fsp3) is 0.400. The van der Waals surface area contributed by atoms with Crippen LogP contribution in [-0.4, -0.2) is 25.2 Å². The first kappa shape index (κ1) is 17.1. The highest BCUT2D eigenvalue weighted by molar-refractivity contribution is 7.68. The van der Waals surface area contributed by atoms with E-state index in [0.717, 1.165) is 28.4 Å². The molecule has 0 saturated carbocycles. The Morgan fingerprint density at radius 3 is 2.08 bits per heavy atom. The molecule has 0 radical (unpaired) electrons. The van der Waals surface area contributed by atoms with Gasteiger partial charge in [-0.1, -0.05) is 39.0 Å². The van der Waals surface area contributed by atoms with Gasteiger partial charge in [-0.2, -0.15) is 0 Å². The van der Waals surface area contributed by atoms with Crippen LogP contribution in [0.3, 0.4) is 0 Å². The molecule has 0 spiro atoms. The molecule has 3 nitrogen and oxygen atoms in total. The van der Waals surface area contributed by atoms with Crippen molar-refractivity contribution in [1.29, 1.82) is 0 Å². The van der Waals surface area contributed by atoms with Crippen molar-refractivity contribution >= 4 is 13.2 Å². The molecule has 0 aromatic heterocycles. The Labute approximate surface area is 145 Å². The Kier molecular flexibility index (Phi) is 4.48. The molecule has 0 aliphatic carbocycles. The maximum Gasteiger partial charge on any atom is 0.130 e. The summed E-state index contributed by atoms with van der Waals surface area (Å²) in [6.07, 6.45) is 0. The van der Waals surface area contributed by atoms with Gasteiger partial charge in [-0.3, -0.25) is 0 Å². The Morgan fingerprint density at radius 2 is 1.54 bits per heavy atom. The summed E-state index contributed by atoms with van der Waals surface area (Å²) in [6, 6.07) is 12.2. The molecule has 2 aromatic rings. The molecule has 128 valence electrons. The second-order valence-electron chi connectivity index (χ2n) is 6.95. The summed E-state index contributed by atoms with van der Waals surface area (Å²) < 4.78 is 17.5. The number of fused-ring (bicyclic) bond motifs is 1. The molecule has 0 saturated heterocycles. The molecule has 1 unspecified atom stereocenters. The first-order chi connectivity index (χ1) is 11.4. The lowest BCUT2D eigenvalue weighted by atomic mass is 10.0. The molecule has 1 heterocycles. The van der Waals surface area contributed by atoms with Gasteiger partial charge in [0.15, 0.2) is 0 Å². The van der Waals surface area contributed by atoms with Gasteiger partial charge in [-0.25, -0.2) is 0 Å². The molecule has 0 amide bonds. The summed E-state index contributed by atoms with van der Waals surface area (Å²) in [5.41, 5.74) is 2.17. The molecule has 0 N–H and O–H groups in total. The fourth-order valence-corrected chi connectivity index (χ4v) is 6.64. The highest BCUT2D eigenvalue weighted by atomic mass is 31.1. The number of methoxy groups -OCH3 is 2. The van der Waals surface area contributed by atoms with Crippen LogP contribution in [0.15, 0.2) is 36.4 Å². The molecule has 0 bridgehead atoms. The van der Waals surface area contributed by atoms with E-state index in [0.29, 0.717) is 0 Å². The summed E-state index contributed by atoms with van der Waals surface area (Å²) in [4.78, 5) is 0. The van der Waals surface area contributed by atoms with Gasteiger partial charge < -0.3 is 14.2 Å². The largest absolute Gasteiger partial charge is 0.496 e. The van der Waals surface area contributed by atoms with E-state index < -0.39 is 7.92 Å². The van der Waals surface area contributed by atoms with Crippen molar-refractivity contribution in [3.63, 3.8) is 0 Å². The van der Waals surface area contributed by atoms with Gasteiger partial charge in [0.05, 0.1) is 19.8 Å². The van der Waals surface area contributed by atoms with E-state index >= 15 is 0 Å². The zero-order valence-corrected chi connectivity index (χ0v) is 16.1. The lowest BCUT2D eigenvalue weighted by Gasteiger charge is -2.31. The minimum absolute atomic E-state index is 0.158. The Morgan fingerprint density at radius 1 is 0.958 bits per heavy atom. The first-order valence-electron chi connectivity index (χ1n) is 8.19. The van der Waals surface area contributed by atoms with Crippen molar-refractivity contribution in [3.8, 4) is 28.4 Å². The second kappa shape index (κ2) is 6.29. The van der Waals surface area contributed by atoms with E-state index in [2.05, 4.69) is 39.8 Å². The summed E-state index contributed by atoms with van der Waals surface area (Å²) in [6.45, 7) is 9.07. The average molecular weight is 344 g/mol. The Hall–Kier alpha value is -1.73. The van der Waals surface area contributed by atoms with E-state index in [1.165, 1.54) is 5.30 Å². The van der Waals surface area contributed by atoms with Crippen LogP contribution in [0, 0.1) is 0 Å². The van der Waals surface area contributed by atoms with Gasteiger partial charge in [-0.05, 0) is 38.2 Å². The predicted octanol–water partition coefficient (Wildman–Crippen LogP) is 5.01. The number of hydrogen-bond donors (Lipinski definition) is 0. The Balaban J connectivity index is 2.29. The van der Waals surface area contributed by atoms with Crippen LogP contribution in [0.2, 0.25) is 0 Å². The SMILES string of the molecule is COc1cccc(OC)c1-c1cccc2c1P(C(C)(C)C)[C@H](C)O2. The summed E-state index contributed by atoms with van der Waals surface area (Å²) in [5, 5.41) is 1.47. The van der Waals surface area contributed by atoms with Crippen LogP contribution in [0.5, 0.6) is 17.2 Å². The van der Waals surface area contributed by atoms with Gasteiger partial charge in [0.1, 0.15) is 23.1 Å². The standard InChI is InChI=1S/C20H25O3P/c1-13-23-17-12-7-9-14(19(17)24(13)20(2,3)4)18-15(21-5)10-8-11-16(18)22-6/h7-13H,1-6H3/t13-,24?/m1/s1. The smallest absolute Gasteiger partial charge is 0.130 e. The summed E-state index contributed by atoms with van der Waals surface area (Å²) >= 11 is 0. The summed E-state index contributed by atoms with van der Waals surface area (Å²) in [5.74, 6) is 2.85. The second-order valence-corrected chi connectivity index (χ2v) is 10.2. The Bertz CT molecular complexity index is 727. The maximum atomic E-state index is 6.20. The van der Waals surface area contributed by atoms with Crippen LogP contribution >= 0.6 is 7.92 Å². The van der Waals surface area contributed by atoms with E-state index in [-0.39, 0.29) is 11.0 Å². The third-order valence-corrected chi connectivity index (χ3v) is 7.54. The molecule has 24 heavy (non-hydrogen) atoms. The highest BCUT2D eigenvalue weighted by Gasteiger charge is 2.41. The summed E-state index contributed by atoms with van der Waals surface area (Å²) in [7, 11) is 2.93. The van der Waals surface area contributed by atoms with Crippen LogP contribution in [0.4, 0.5) is 0 Å². The molecular formula is C20H25O3P. The molecule has 2 aromatic carbocycles. The van der Waals surface area contributed by atoms with Crippen molar-refractivity contribution in [2.75, 3.05) is 14.2 Å². The van der Waals surface area contributed by atoms with Crippen LogP contribution < -0.4 is 19.5 Å². The first-order valence-corrected chi connectivity index (χ1v) is 9.60. The molecule has 4 heteroatoms. The number of benzene rings is 2. The van der Waals surface area contributed by atoms with Gasteiger partial charge in [0.2, 0.25) is 0 Å². The van der Waals surface area contributed by atoms with Gasteiger partial charge in [0.25, 0.3) is 0 Å². The topological polar surface area (TPSA) is 27.7 Å². The van der Waals surface area contributed by atoms with Crippen molar-refractivity contribution in [2.45, 2.75) is 38.7 Å². The monoisotopic (exact) mass is 344 g/mol. The average Bonchev–Trinajstić information content (AvgIpc) is 2.89. The van der Waals surface area contributed by atoms with Crippen LogP contribution in [0.25, 0.3) is 11.1 Å².